The van der Waals surface area contributed by atoms with Crippen molar-refractivity contribution in [2.45, 2.75) is 19.5 Å². The Morgan fingerprint density at radius 3 is 2.25 bits per heavy atom. The van der Waals surface area contributed by atoms with Gasteiger partial charge in [-0.3, -0.25) is 6.08 Å². The molecule has 2 aromatic rings. The number of hydrogen-bond acceptors (Lipinski definition) is 0. The maximum Gasteiger partial charge on any atom is 4.00 e. The number of hydrogen-bond donors (Lipinski definition) is 1. The minimum Gasteiger partial charge on any atom is -1.00 e. The summed E-state index contributed by atoms with van der Waals surface area (Å²) in [7, 11) is 1.08. The van der Waals surface area contributed by atoms with Gasteiger partial charge in [-0.2, -0.15) is 17.5 Å². The van der Waals surface area contributed by atoms with E-state index < -0.39 is 0 Å². The van der Waals surface area contributed by atoms with E-state index >= 15 is 0 Å². The number of aromatic amines is 1. The Bertz CT molecular complexity index is 443. The van der Waals surface area contributed by atoms with Crippen molar-refractivity contribution in [1.82, 2.24) is 4.98 Å². The fraction of sp³-hybridized carbons (Fsp3) is 0.200. The van der Waals surface area contributed by atoms with E-state index in [4.69, 9.17) is 0 Å². The van der Waals surface area contributed by atoms with Crippen molar-refractivity contribution in [3.8, 4) is 0 Å². The Labute approximate surface area is 151 Å². The molecule has 1 aromatic heterocycles. The number of nitrogens with one attached hydrogen (secondary N) is 1. The van der Waals surface area contributed by atoms with Crippen LogP contribution in [0.4, 0.5) is 0 Å². The Morgan fingerprint density at radius 2 is 1.80 bits per heavy atom. The van der Waals surface area contributed by atoms with Crippen molar-refractivity contribution in [3.63, 3.8) is 0 Å². The Morgan fingerprint density at radius 1 is 1.15 bits per heavy atom. The van der Waals surface area contributed by atoms with Gasteiger partial charge in [0.25, 0.3) is 0 Å². The van der Waals surface area contributed by atoms with Gasteiger partial charge in [-0.1, -0.05) is 25.2 Å². The third-order valence-electron chi connectivity index (χ3n) is 1.98. The van der Waals surface area contributed by atoms with Crippen LogP contribution in [-0.4, -0.2) is 14.5 Å². The molecule has 1 heterocycles. The predicted molar refractivity (Wildman–Crippen MR) is 76.2 cm³/mol. The summed E-state index contributed by atoms with van der Waals surface area (Å²) in [4.78, 5) is 2.99. The second-order valence-electron chi connectivity index (χ2n) is 3.50. The predicted octanol–water partition coefficient (Wildman–Crippen LogP) is -1.93. The van der Waals surface area contributed by atoms with Crippen molar-refractivity contribution >= 4 is 20.4 Å². The quantitative estimate of drug-likeness (QED) is 0.417. The molecule has 0 saturated carbocycles. The van der Waals surface area contributed by atoms with E-state index in [-0.39, 0.29) is 46.5 Å². The molecule has 20 heavy (non-hydrogen) atoms. The summed E-state index contributed by atoms with van der Waals surface area (Å²) in [6, 6.07) is 10.1. The molecule has 5 heteroatoms. The van der Waals surface area contributed by atoms with Crippen LogP contribution in [0.3, 0.4) is 0 Å². The molecule has 1 aliphatic rings. The van der Waals surface area contributed by atoms with Crippen LogP contribution in [0.2, 0.25) is 13.1 Å². The van der Waals surface area contributed by atoms with Crippen LogP contribution in [0.15, 0.2) is 48.6 Å². The van der Waals surface area contributed by atoms with Crippen LogP contribution in [0.1, 0.15) is 6.42 Å². The minimum atomic E-state index is 0. The van der Waals surface area contributed by atoms with Crippen molar-refractivity contribution in [1.29, 1.82) is 0 Å². The number of para-hydroxylation sites is 1. The van der Waals surface area contributed by atoms with Gasteiger partial charge >= 0.3 is 21.7 Å². The van der Waals surface area contributed by atoms with E-state index in [2.05, 4.69) is 42.5 Å². The number of benzene rings is 1. The number of H-pyrrole nitrogens is 1. The summed E-state index contributed by atoms with van der Waals surface area (Å²) in [6.07, 6.45) is 12.9. The van der Waals surface area contributed by atoms with E-state index in [9.17, 15) is 0 Å². The fourth-order valence-electron chi connectivity index (χ4n) is 1.27. The molecule has 0 aliphatic heterocycles. The summed E-state index contributed by atoms with van der Waals surface area (Å²) < 4.78 is 0. The SMILES string of the molecule is C[Si]C.[C-]1=CC=CC1.[Cl-].[Cl-].[Ti+4].[c-]1cc2ccccc2[nH]1. The third-order valence-corrected chi connectivity index (χ3v) is 1.98. The maximum atomic E-state index is 2.99. The monoisotopic (exact) mass is 357 g/mol. The molecule has 0 unspecified atom stereocenters. The van der Waals surface area contributed by atoms with Crippen molar-refractivity contribution in [2.75, 3.05) is 0 Å². The zero-order valence-electron chi connectivity index (χ0n) is 11.6. The second kappa shape index (κ2) is 16.8. The molecule has 2 radical (unpaired) electrons. The Balaban J connectivity index is -0.000000231. The van der Waals surface area contributed by atoms with E-state index in [1.807, 2.05) is 36.4 Å². The average Bonchev–Trinajstić information content (AvgIpc) is 3.05. The van der Waals surface area contributed by atoms with Crippen LogP contribution in [0.5, 0.6) is 0 Å². The summed E-state index contributed by atoms with van der Waals surface area (Å²) in [6.45, 7) is 4.31. The molecule has 1 aromatic carbocycles. The van der Waals surface area contributed by atoms with Crippen LogP contribution in [-0.2, 0) is 21.7 Å². The molecular formula is C15H17Cl2NSiTi. The fourth-order valence-corrected chi connectivity index (χ4v) is 1.27. The van der Waals surface area contributed by atoms with Crippen molar-refractivity contribution in [3.05, 3.63) is 60.8 Å². The number of halogens is 2. The molecule has 0 atom stereocenters. The molecule has 1 nitrogen and oxygen atoms in total. The molecule has 1 N–H and O–H groups in total. The van der Waals surface area contributed by atoms with E-state index in [1.165, 1.54) is 5.39 Å². The van der Waals surface area contributed by atoms with Gasteiger partial charge in [0, 0.05) is 9.52 Å². The smallest absolute Gasteiger partial charge is 1.00 e. The molecule has 0 amide bonds. The van der Waals surface area contributed by atoms with Gasteiger partial charge in [0.1, 0.15) is 0 Å². The number of fused-ring (bicyclic) bond motifs is 1. The average molecular weight is 358 g/mol. The molecule has 104 valence electrons. The molecule has 0 bridgehead atoms. The standard InChI is InChI=1S/C8H6N.C5H5.C2H6Si.2ClH.Ti/c1-2-4-8-7(3-1)5-6-9-8;1-2-4-5-3-1;1-3-2;;;/h1-5,9H;1-3H,4H2;1-2H3;2*1H;/q2*-1;;;;+4/p-2. The number of rotatable bonds is 0. The van der Waals surface area contributed by atoms with Gasteiger partial charge in [0.15, 0.2) is 0 Å². The van der Waals surface area contributed by atoms with E-state index in [0.717, 1.165) is 21.5 Å². The van der Waals surface area contributed by atoms with Gasteiger partial charge in [-0.25, -0.2) is 12.2 Å². The molecule has 0 fully saturated rings. The van der Waals surface area contributed by atoms with Crippen molar-refractivity contribution in [2.24, 2.45) is 0 Å². The molecule has 3 rings (SSSR count). The summed E-state index contributed by atoms with van der Waals surface area (Å²) in [5.41, 5.74) is 1.15. The van der Waals surface area contributed by atoms with Gasteiger partial charge in [0.05, 0.1) is 0 Å². The molecule has 0 saturated heterocycles. The first-order chi connectivity index (χ1) is 8.38. The third kappa shape index (κ3) is 10.5. The minimum absolute atomic E-state index is 0. The van der Waals surface area contributed by atoms with Gasteiger partial charge in [-0.15, -0.1) is 30.3 Å². The van der Waals surface area contributed by atoms with Gasteiger partial charge < -0.3 is 29.8 Å². The normalized spacial score (nSPS) is 9.90. The van der Waals surface area contributed by atoms with E-state index in [1.54, 1.807) is 0 Å². The van der Waals surface area contributed by atoms with Crippen LogP contribution in [0, 0.1) is 12.3 Å². The van der Waals surface area contributed by atoms with Gasteiger partial charge in [0.2, 0.25) is 0 Å². The number of allylic oxidation sites excluding steroid dienone is 4. The van der Waals surface area contributed by atoms with Gasteiger partial charge in [-0.05, 0) is 0 Å². The largest absolute Gasteiger partial charge is 4.00 e. The first-order valence-electron chi connectivity index (χ1n) is 5.62. The maximum absolute atomic E-state index is 2.99. The molecular weight excluding hydrogens is 341 g/mol. The Hall–Kier alpha value is -0.249. The Kier molecular flexibility index (Phi) is 20.8. The summed E-state index contributed by atoms with van der Waals surface area (Å²) >= 11 is 0. The summed E-state index contributed by atoms with van der Waals surface area (Å²) in [5.74, 6) is 0. The first kappa shape index (κ1) is 24.7. The zero-order chi connectivity index (χ0) is 12.3. The van der Waals surface area contributed by atoms with Crippen molar-refractivity contribution < 1.29 is 46.5 Å². The zero-order valence-corrected chi connectivity index (χ0v) is 15.7. The van der Waals surface area contributed by atoms with Crippen LogP contribution in [0.25, 0.3) is 10.9 Å². The molecule has 1 aliphatic carbocycles. The summed E-state index contributed by atoms with van der Waals surface area (Å²) in [5, 5.41) is 1.22. The first-order valence-corrected chi connectivity index (χ1v) is 7.62. The molecule has 0 spiro atoms. The van der Waals surface area contributed by atoms with Crippen LogP contribution < -0.4 is 24.8 Å². The topological polar surface area (TPSA) is 15.8 Å². The number of aromatic nitrogens is 1. The van der Waals surface area contributed by atoms with E-state index in [0.29, 0.717) is 0 Å². The second-order valence-corrected chi connectivity index (χ2v) is 4.50. The van der Waals surface area contributed by atoms with Crippen LogP contribution >= 0.6 is 0 Å².